The minimum Gasteiger partial charge on any atom is -0.452 e. The minimum absolute atomic E-state index is 0.211. The zero-order valence-corrected chi connectivity index (χ0v) is 16.0. The summed E-state index contributed by atoms with van der Waals surface area (Å²) in [4.78, 5) is 35.8. The summed E-state index contributed by atoms with van der Waals surface area (Å²) in [6.45, 7) is 7.56. The van der Waals surface area contributed by atoms with Crippen molar-refractivity contribution in [1.82, 2.24) is 15.2 Å². The second-order valence-corrected chi connectivity index (χ2v) is 6.54. The molecule has 0 spiro atoms. The van der Waals surface area contributed by atoms with Gasteiger partial charge in [-0.15, -0.1) is 0 Å². The van der Waals surface area contributed by atoms with Gasteiger partial charge in [-0.05, 0) is 39.3 Å². The van der Waals surface area contributed by atoms with E-state index in [1.165, 1.54) is 0 Å². The number of aryl methyl sites for hydroxylation is 1. The van der Waals surface area contributed by atoms with Crippen LogP contribution in [0.25, 0.3) is 0 Å². The number of carbonyl (C=O) groups is 3. The van der Waals surface area contributed by atoms with Crippen LogP contribution in [0.4, 0.5) is 4.79 Å². The van der Waals surface area contributed by atoms with Crippen LogP contribution < -0.4 is 10.6 Å². The number of nitrogens with one attached hydrogen (secondary N) is 2. The van der Waals surface area contributed by atoms with Gasteiger partial charge in [0.15, 0.2) is 6.61 Å². The summed E-state index contributed by atoms with van der Waals surface area (Å²) in [5.74, 6) is -1.28. The Morgan fingerprint density at radius 1 is 1.11 bits per heavy atom. The lowest BCUT2D eigenvalue weighted by Crippen LogP contribution is -2.41. The van der Waals surface area contributed by atoms with Crippen LogP contribution in [0.3, 0.4) is 0 Å². The molecule has 0 aliphatic rings. The van der Waals surface area contributed by atoms with Crippen molar-refractivity contribution >= 4 is 17.9 Å². The molecule has 1 heterocycles. The maximum absolute atomic E-state index is 12.2. The van der Waals surface area contributed by atoms with E-state index in [1.54, 1.807) is 6.07 Å². The highest BCUT2D eigenvalue weighted by Crippen LogP contribution is 2.20. The molecule has 1 aromatic carbocycles. The monoisotopic (exact) mass is 371 g/mol. The molecule has 0 fully saturated rings. The molecular formula is C20H25N3O4. The number of amides is 3. The number of carbonyl (C=O) groups excluding carboxylic acids is 3. The molecule has 2 N–H and O–H groups in total. The third-order valence-electron chi connectivity index (χ3n) is 4.10. The summed E-state index contributed by atoms with van der Waals surface area (Å²) in [7, 11) is 0. The standard InChI is InChI=1S/C20H25N3O4/c1-13(2)23-14(3)10-17(15(23)4)19(25)27-12-18(24)22-20(26)21-11-16-8-6-5-7-9-16/h5-10,13H,11-12H2,1-4H3,(H2,21,22,24,26). The summed E-state index contributed by atoms with van der Waals surface area (Å²) in [5.41, 5.74) is 3.06. The molecule has 0 radical (unpaired) electrons. The first kappa shape index (κ1) is 20.2. The van der Waals surface area contributed by atoms with Gasteiger partial charge < -0.3 is 14.6 Å². The smallest absolute Gasteiger partial charge is 0.340 e. The summed E-state index contributed by atoms with van der Waals surface area (Å²) in [6, 6.07) is 10.6. The highest BCUT2D eigenvalue weighted by molar-refractivity contribution is 5.97. The van der Waals surface area contributed by atoms with E-state index >= 15 is 0 Å². The van der Waals surface area contributed by atoms with E-state index in [9.17, 15) is 14.4 Å². The molecule has 0 bridgehead atoms. The number of hydrogen-bond acceptors (Lipinski definition) is 4. The second-order valence-electron chi connectivity index (χ2n) is 6.54. The van der Waals surface area contributed by atoms with E-state index in [-0.39, 0.29) is 6.04 Å². The van der Waals surface area contributed by atoms with Crippen LogP contribution in [0.5, 0.6) is 0 Å². The van der Waals surface area contributed by atoms with Crippen LogP contribution in [-0.4, -0.2) is 29.1 Å². The van der Waals surface area contributed by atoms with Gasteiger partial charge in [0.25, 0.3) is 5.91 Å². The Balaban J connectivity index is 1.82. The number of aromatic nitrogens is 1. The largest absolute Gasteiger partial charge is 0.452 e. The van der Waals surface area contributed by atoms with E-state index in [0.717, 1.165) is 17.0 Å². The third kappa shape index (κ3) is 5.44. The summed E-state index contributed by atoms with van der Waals surface area (Å²) in [5, 5.41) is 4.70. The third-order valence-corrected chi connectivity index (χ3v) is 4.10. The SMILES string of the molecule is Cc1cc(C(=O)OCC(=O)NC(=O)NCc2ccccc2)c(C)n1C(C)C. The first-order chi connectivity index (χ1) is 12.8. The van der Waals surface area contributed by atoms with Crippen molar-refractivity contribution in [2.24, 2.45) is 0 Å². The average Bonchev–Trinajstić information content (AvgIpc) is 2.93. The van der Waals surface area contributed by atoms with Crippen LogP contribution >= 0.6 is 0 Å². The molecule has 0 unspecified atom stereocenters. The molecule has 7 nitrogen and oxygen atoms in total. The Hall–Kier alpha value is -3.09. The number of rotatable bonds is 6. The van der Waals surface area contributed by atoms with Gasteiger partial charge in [0.1, 0.15) is 0 Å². The number of nitrogens with zero attached hydrogens (tertiary/aromatic N) is 1. The van der Waals surface area contributed by atoms with Crippen LogP contribution in [0, 0.1) is 13.8 Å². The fourth-order valence-electron chi connectivity index (χ4n) is 2.97. The lowest BCUT2D eigenvalue weighted by atomic mass is 10.2. The second kappa shape index (κ2) is 9.02. The van der Waals surface area contributed by atoms with Gasteiger partial charge in [0.05, 0.1) is 5.56 Å². The molecule has 2 rings (SSSR count). The minimum atomic E-state index is -0.688. The zero-order valence-electron chi connectivity index (χ0n) is 16.0. The number of esters is 1. The lowest BCUT2D eigenvalue weighted by molar-refractivity contribution is -0.123. The van der Waals surface area contributed by atoms with Crippen molar-refractivity contribution in [1.29, 1.82) is 0 Å². The van der Waals surface area contributed by atoms with Crippen LogP contribution in [0.2, 0.25) is 0 Å². The van der Waals surface area contributed by atoms with Crippen molar-refractivity contribution in [3.63, 3.8) is 0 Å². The number of urea groups is 1. The Labute approximate surface area is 158 Å². The van der Waals surface area contributed by atoms with E-state index in [2.05, 4.69) is 10.6 Å². The topological polar surface area (TPSA) is 89.4 Å². The number of benzene rings is 1. The highest BCUT2D eigenvalue weighted by atomic mass is 16.5. The molecule has 144 valence electrons. The van der Waals surface area contributed by atoms with Crippen molar-refractivity contribution in [2.45, 2.75) is 40.3 Å². The summed E-state index contributed by atoms with van der Waals surface area (Å²) in [6.07, 6.45) is 0. The predicted octanol–water partition coefficient (Wildman–Crippen LogP) is 2.87. The number of imide groups is 1. The average molecular weight is 371 g/mol. The molecule has 27 heavy (non-hydrogen) atoms. The fraction of sp³-hybridized carbons (Fsp3) is 0.350. The number of ether oxygens (including phenoxy) is 1. The molecule has 0 aliphatic heterocycles. The van der Waals surface area contributed by atoms with E-state index < -0.39 is 24.5 Å². The van der Waals surface area contributed by atoms with Gasteiger partial charge in [-0.2, -0.15) is 0 Å². The molecule has 0 atom stereocenters. The first-order valence-corrected chi connectivity index (χ1v) is 8.76. The van der Waals surface area contributed by atoms with Crippen LogP contribution in [0.15, 0.2) is 36.4 Å². The Morgan fingerprint density at radius 3 is 2.37 bits per heavy atom. The zero-order chi connectivity index (χ0) is 20.0. The molecular weight excluding hydrogens is 346 g/mol. The van der Waals surface area contributed by atoms with Gasteiger partial charge in [-0.3, -0.25) is 10.1 Å². The molecule has 7 heteroatoms. The van der Waals surface area contributed by atoms with E-state index in [4.69, 9.17) is 4.74 Å². The summed E-state index contributed by atoms with van der Waals surface area (Å²) < 4.78 is 7.06. The van der Waals surface area contributed by atoms with E-state index in [0.29, 0.717) is 12.1 Å². The fourth-order valence-corrected chi connectivity index (χ4v) is 2.97. The van der Waals surface area contributed by atoms with Gasteiger partial charge >= 0.3 is 12.0 Å². The van der Waals surface area contributed by atoms with Crippen LogP contribution in [-0.2, 0) is 16.1 Å². The van der Waals surface area contributed by atoms with E-state index in [1.807, 2.05) is 62.6 Å². The first-order valence-electron chi connectivity index (χ1n) is 8.76. The normalized spacial score (nSPS) is 10.6. The Kier molecular flexibility index (Phi) is 6.76. The molecule has 1 aromatic heterocycles. The lowest BCUT2D eigenvalue weighted by Gasteiger charge is -2.13. The maximum Gasteiger partial charge on any atom is 0.340 e. The molecule has 0 aliphatic carbocycles. The molecule has 0 saturated heterocycles. The van der Waals surface area contributed by atoms with Crippen molar-refractivity contribution in [2.75, 3.05) is 6.61 Å². The quantitative estimate of drug-likeness (QED) is 0.764. The van der Waals surface area contributed by atoms with Gasteiger partial charge in [0.2, 0.25) is 0 Å². The molecule has 0 saturated carbocycles. The van der Waals surface area contributed by atoms with Crippen molar-refractivity contribution in [3.05, 3.63) is 58.9 Å². The Morgan fingerprint density at radius 2 is 1.78 bits per heavy atom. The van der Waals surface area contributed by atoms with Gasteiger partial charge in [-0.1, -0.05) is 30.3 Å². The predicted molar refractivity (Wildman–Crippen MR) is 101 cm³/mol. The van der Waals surface area contributed by atoms with Crippen LogP contribution in [0.1, 0.15) is 47.2 Å². The maximum atomic E-state index is 12.2. The highest BCUT2D eigenvalue weighted by Gasteiger charge is 2.19. The van der Waals surface area contributed by atoms with Gasteiger partial charge in [0, 0.05) is 24.0 Å². The summed E-state index contributed by atoms with van der Waals surface area (Å²) >= 11 is 0. The molecule has 3 amide bonds. The van der Waals surface area contributed by atoms with Gasteiger partial charge in [-0.25, -0.2) is 9.59 Å². The number of hydrogen-bond donors (Lipinski definition) is 2. The Bertz CT molecular complexity index is 825. The van der Waals surface area contributed by atoms with Crippen molar-refractivity contribution in [3.8, 4) is 0 Å². The molecule has 2 aromatic rings. The van der Waals surface area contributed by atoms with Crippen molar-refractivity contribution < 1.29 is 19.1 Å².